The molecule has 1 amide bonds. The maximum absolute atomic E-state index is 11.7. The highest BCUT2D eigenvalue weighted by Crippen LogP contribution is 2.26. The highest BCUT2D eigenvalue weighted by Gasteiger charge is 2.27. The lowest BCUT2D eigenvalue weighted by molar-refractivity contribution is -0.0261. The fourth-order valence-electron chi connectivity index (χ4n) is 4.29. The molecular weight excluding hydrogens is 378 g/mol. The van der Waals surface area contributed by atoms with E-state index in [9.17, 15) is 4.79 Å². The minimum absolute atomic E-state index is 0.118. The number of carbonyl (C=O) groups is 1. The topological polar surface area (TPSA) is 70.6 Å². The Balaban J connectivity index is 1.43. The van der Waals surface area contributed by atoms with Gasteiger partial charge in [-0.1, -0.05) is 6.07 Å². The summed E-state index contributed by atoms with van der Waals surface area (Å²) >= 11 is 0. The van der Waals surface area contributed by atoms with E-state index in [2.05, 4.69) is 40.0 Å². The molecule has 30 heavy (non-hydrogen) atoms. The molecule has 1 fully saturated rings. The molecule has 0 radical (unpaired) electrons. The number of pyridine rings is 2. The fraction of sp³-hybridized carbons (Fsp3) is 0.522. The van der Waals surface area contributed by atoms with E-state index in [-0.39, 0.29) is 12.1 Å². The Bertz CT molecular complexity index is 884. The van der Waals surface area contributed by atoms with Crippen molar-refractivity contribution in [2.24, 2.45) is 0 Å². The van der Waals surface area contributed by atoms with E-state index in [1.54, 1.807) is 13.2 Å². The Hall–Kier alpha value is -2.67. The number of amides is 1. The number of aromatic nitrogens is 2. The lowest BCUT2D eigenvalue weighted by Crippen LogP contribution is -2.47. The minimum atomic E-state index is -0.122. The zero-order chi connectivity index (χ0) is 21.1. The number of fused-ring (bicyclic) bond motifs is 1. The highest BCUT2D eigenvalue weighted by atomic mass is 16.5. The number of ether oxygens (including phenoxy) is 1. The van der Waals surface area contributed by atoms with Gasteiger partial charge in [-0.2, -0.15) is 0 Å². The van der Waals surface area contributed by atoms with Crippen LogP contribution in [-0.4, -0.2) is 53.2 Å². The largest absolute Gasteiger partial charge is 0.458 e. The van der Waals surface area contributed by atoms with Gasteiger partial charge in [0.1, 0.15) is 5.82 Å². The van der Waals surface area contributed by atoms with Gasteiger partial charge in [0, 0.05) is 51.4 Å². The normalized spacial score (nSPS) is 19.5. The van der Waals surface area contributed by atoms with Crippen LogP contribution in [0.25, 0.3) is 0 Å². The molecule has 0 aliphatic carbocycles. The Morgan fingerprint density at radius 1 is 1.20 bits per heavy atom. The van der Waals surface area contributed by atoms with E-state index in [1.165, 1.54) is 18.4 Å². The summed E-state index contributed by atoms with van der Waals surface area (Å²) in [6, 6.07) is 8.33. The SMILES string of the molecule is CNC(=O)c1ccc(N2CCc3nc(OC4CCCCN4C(C)C)ccc3C2)nc1. The second-order valence-corrected chi connectivity index (χ2v) is 8.31. The van der Waals surface area contributed by atoms with Crippen molar-refractivity contribution in [3.8, 4) is 5.88 Å². The maximum Gasteiger partial charge on any atom is 0.252 e. The highest BCUT2D eigenvalue weighted by molar-refractivity contribution is 5.93. The Labute approximate surface area is 178 Å². The smallest absolute Gasteiger partial charge is 0.252 e. The molecule has 160 valence electrons. The molecule has 2 aromatic heterocycles. The molecule has 1 saturated heterocycles. The van der Waals surface area contributed by atoms with Crippen LogP contribution < -0.4 is 15.0 Å². The van der Waals surface area contributed by atoms with Gasteiger partial charge in [-0.3, -0.25) is 9.69 Å². The fourth-order valence-corrected chi connectivity index (χ4v) is 4.29. The number of piperidine rings is 1. The molecule has 1 atom stereocenters. The van der Waals surface area contributed by atoms with Crippen molar-refractivity contribution in [1.29, 1.82) is 0 Å². The third-order valence-corrected chi connectivity index (χ3v) is 5.99. The average Bonchev–Trinajstić information content (AvgIpc) is 2.78. The van der Waals surface area contributed by atoms with Crippen LogP contribution in [0.5, 0.6) is 5.88 Å². The first-order valence-corrected chi connectivity index (χ1v) is 10.9. The monoisotopic (exact) mass is 409 g/mol. The molecule has 4 heterocycles. The maximum atomic E-state index is 11.7. The van der Waals surface area contributed by atoms with Crippen molar-refractivity contribution in [3.05, 3.63) is 47.3 Å². The van der Waals surface area contributed by atoms with E-state index in [4.69, 9.17) is 9.72 Å². The molecule has 0 aromatic carbocycles. The van der Waals surface area contributed by atoms with E-state index >= 15 is 0 Å². The van der Waals surface area contributed by atoms with Crippen molar-refractivity contribution < 1.29 is 9.53 Å². The zero-order valence-corrected chi connectivity index (χ0v) is 18.1. The van der Waals surface area contributed by atoms with Gasteiger partial charge in [-0.05, 0) is 50.8 Å². The Morgan fingerprint density at radius 3 is 2.80 bits per heavy atom. The number of hydrogen-bond acceptors (Lipinski definition) is 6. The number of hydrogen-bond donors (Lipinski definition) is 1. The number of likely N-dealkylation sites (tertiary alicyclic amines) is 1. The molecule has 7 heteroatoms. The molecule has 2 aromatic rings. The Kier molecular flexibility index (Phi) is 6.18. The summed E-state index contributed by atoms with van der Waals surface area (Å²) < 4.78 is 6.30. The molecule has 2 aliphatic heterocycles. The lowest BCUT2D eigenvalue weighted by Gasteiger charge is -2.38. The molecule has 0 bridgehead atoms. The van der Waals surface area contributed by atoms with Gasteiger partial charge in [0.25, 0.3) is 5.91 Å². The van der Waals surface area contributed by atoms with Gasteiger partial charge >= 0.3 is 0 Å². The summed E-state index contributed by atoms with van der Waals surface area (Å²) in [5, 5.41) is 2.62. The molecule has 0 spiro atoms. The number of anilines is 1. The standard InChI is InChI=1S/C23H31N5O2/c1-16(2)28-12-5-4-6-22(28)30-21-10-8-18-15-27(13-11-19(18)26-21)20-9-7-17(14-25-20)23(29)24-3/h7-10,14,16,22H,4-6,11-13,15H2,1-3H3,(H,24,29). The minimum Gasteiger partial charge on any atom is -0.458 e. The third kappa shape index (κ3) is 4.41. The molecule has 2 aliphatic rings. The van der Waals surface area contributed by atoms with Crippen LogP contribution in [0.15, 0.2) is 30.5 Å². The van der Waals surface area contributed by atoms with Crippen LogP contribution >= 0.6 is 0 Å². The summed E-state index contributed by atoms with van der Waals surface area (Å²) in [5.74, 6) is 1.49. The van der Waals surface area contributed by atoms with Crippen LogP contribution in [0.3, 0.4) is 0 Å². The predicted molar refractivity (Wildman–Crippen MR) is 117 cm³/mol. The molecule has 7 nitrogen and oxygen atoms in total. The van der Waals surface area contributed by atoms with Crippen LogP contribution in [0.2, 0.25) is 0 Å². The molecular formula is C23H31N5O2. The Morgan fingerprint density at radius 2 is 2.07 bits per heavy atom. The quantitative estimate of drug-likeness (QED) is 0.819. The van der Waals surface area contributed by atoms with E-state index in [1.807, 2.05) is 18.2 Å². The van der Waals surface area contributed by atoms with Crippen molar-refractivity contribution in [3.63, 3.8) is 0 Å². The summed E-state index contributed by atoms with van der Waals surface area (Å²) in [4.78, 5) is 25.7. The number of nitrogens with one attached hydrogen (secondary N) is 1. The summed E-state index contributed by atoms with van der Waals surface area (Å²) in [5.41, 5.74) is 2.88. The van der Waals surface area contributed by atoms with Crippen LogP contribution in [0, 0.1) is 0 Å². The van der Waals surface area contributed by atoms with Crippen molar-refractivity contribution in [2.45, 2.75) is 58.3 Å². The first-order valence-electron chi connectivity index (χ1n) is 10.9. The van der Waals surface area contributed by atoms with Gasteiger partial charge in [0.05, 0.1) is 11.3 Å². The zero-order valence-electron chi connectivity index (χ0n) is 18.1. The van der Waals surface area contributed by atoms with Crippen molar-refractivity contribution in [1.82, 2.24) is 20.2 Å². The van der Waals surface area contributed by atoms with Crippen molar-refractivity contribution in [2.75, 3.05) is 25.0 Å². The number of nitrogens with zero attached hydrogens (tertiary/aromatic N) is 4. The number of carbonyl (C=O) groups excluding carboxylic acids is 1. The van der Waals surface area contributed by atoms with Gasteiger partial charge in [0.2, 0.25) is 5.88 Å². The summed E-state index contributed by atoms with van der Waals surface area (Å²) in [6.07, 6.45) is 6.10. The molecule has 0 saturated carbocycles. The second-order valence-electron chi connectivity index (χ2n) is 8.31. The van der Waals surface area contributed by atoms with E-state index < -0.39 is 0 Å². The summed E-state index contributed by atoms with van der Waals surface area (Å²) in [7, 11) is 1.62. The van der Waals surface area contributed by atoms with Crippen LogP contribution in [0.1, 0.15) is 54.7 Å². The average molecular weight is 410 g/mol. The first-order chi connectivity index (χ1) is 14.5. The molecule has 1 N–H and O–H groups in total. The van der Waals surface area contributed by atoms with Gasteiger partial charge in [0.15, 0.2) is 6.23 Å². The molecule has 1 unspecified atom stereocenters. The summed E-state index contributed by atoms with van der Waals surface area (Å²) in [6.45, 7) is 7.15. The van der Waals surface area contributed by atoms with Gasteiger partial charge in [-0.25, -0.2) is 9.97 Å². The third-order valence-electron chi connectivity index (χ3n) is 5.99. The van der Waals surface area contributed by atoms with Gasteiger partial charge < -0.3 is 15.0 Å². The molecule has 4 rings (SSSR count). The lowest BCUT2D eigenvalue weighted by atomic mass is 10.1. The number of rotatable bonds is 5. The van der Waals surface area contributed by atoms with Gasteiger partial charge in [-0.15, -0.1) is 0 Å². The van der Waals surface area contributed by atoms with Crippen LogP contribution in [-0.2, 0) is 13.0 Å². The first kappa shape index (κ1) is 20.6. The van der Waals surface area contributed by atoms with Crippen LogP contribution in [0.4, 0.5) is 5.82 Å². The van der Waals surface area contributed by atoms with E-state index in [0.29, 0.717) is 11.6 Å². The van der Waals surface area contributed by atoms with Crippen molar-refractivity contribution >= 4 is 11.7 Å². The van der Waals surface area contributed by atoms with E-state index in [0.717, 1.165) is 49.9 Å². The predicted octanol–water partition coefficient (Wildman–Crippen LogP) is 3.00. The second kappa shape index (κ2) is 9.00.